The van der Waals surface area contributed by atoms with E-state index in [1.165, 1.54) is 6.20 Å². The molecule has 0 saturated carbocycles. The van der Waals surface area contributed by atoms with Gasteiger partial charge in [0.1, 0.15) is 6.04 Å². The molecule has 1 aromatic rings. The Hall–Kier alpha value is -2.11. The second-order valence-electron chi connectivity index (χ2n) is 5.04. The highest BCUT2D eigenvalue weighted by molar-refractivity contribution is 5.93. The Morgan fingerprint density at radius 2 is 2.06 bits per heavy atom. The molecule has 98 valence electrons. The lowest BCUT2D eigenvalue weighted by Crippen LogP contribution is -2.53. The summed E-state index contributed by atoms with van der Waals surface area (Å²) in [5.74, 6) is -0.566. The second-order valence-corrected chi connectivity index (χ2v) is 5.04. The molecule has 0 radical (unpaired) electrons. The van der Waals surface area contributed by atoms with E-state index >= 15 is 0 Å². The van der Waals surface area contributed by atoms with Gasteiger partial charge in [0.05, 0.1) is 11.9 Å². The quantitative estimate of drug-likeness (QED) is 0.749. The zero-order valence-corrected chi connectivity index (χ0v) is 10.7. The molecular formula is C12H18N4O2. The maximum atomic E-state index is 11.7. The van der Waals surface area contributed by atoms with E-state index in [1.54, 1.807) is 18.3 Å². The van der Waals surface area contributed by atoms with Crippen LogP contribution in [0.1, 0.15) is 20.8 Å². The van der Waals surface area contributed by atoms with Gasteiger partial charge in [-0.2, -0.15) is 0 Å². The Kier molecular flexibility index (Phi) is 4.25. The van der Waals surface area contributed by atoms with Crippen LogP contribution in [0.15, 0.2) is 24.5 Å². The number of anilines is 1. The fourth-order valence-corrected chi connectivity index (χ4v) is 1.45. The molecule has 3 amide bonds. The number of amides is 3. The van der Waals surface area contributed by atoms with Crippen LogP contribution in [-0.4, -0.2) is 23.0 Å². The Bertz CT molecular complexity index is 425. The summed E-state index contributed by atoms with van der Waals surface area (Å²) in [4.78, 5) is 26.9. The molecule has 1 aromatic heterocycles. The fourth-order valence-electron chi connectivity index (χ4n) is 1.45. The smallest absolute Gasteiger partial charge is 0.319 e. The first-order valence-corrected chi connectivity index (χ1v) is 5.57. The van der Waals surface area contributed by atoms with Crippen molar-refractivity contribution in [2.24, 2.45) is 11.1 Å². The monoisotopic (exact) mass is 250 g/mol. The van der Waals surface area contributed by atoms with Crippen LogP contribution in [0.2, 0.25) is 0 Å². The van der Waals surface area contributed by atoms with Crippen molar-refractivity contribution in [2.75, 3.05) is 5.32 Å². The lowest BCUT2D eigenvalue weighted by atomic mass is 9.86. The van der Waals surface area contributed by atoms with E-state index < -0.39 is 23.4 Å². The van der Waals surface area contributed by atoms with Gasteiger partial charge in [-0.05, 0) is 17.5 Å². The van der Waals surface area contributed by atoms with Crippen molar-refractivity contribution in [3.63, 3.8) is 0 Å². The van der Waals surface area contributed by atoms with Crippen molar-refractivity contribution in [2.45, 2.75) is 26.8 Å². The molecule has 0 aliphatic heterocycles. The van der Waals surface area contributed by atoms with E-state index in [9.17, 15) is 9.59 Å². The highest BCUT2D eigenvalue weighted by Gasteiger charge is 2.30. The summed E-state index contributed by atoms with van der Waals surface area (Å²) in [7, 11) is 0. The van der Waals surface area contributed by atoms with Crippen molar-refractivity contribution in [1.82, 2.24) is 10.3 Å². The van der Waals surface area contributed by atoms with Crippen LogP contribution in [0, 0.1) is 5.41 Å². The standard InChI is InChI=1S/C12H18N4O2/c1-12(2,3)9(10(13)17)16-11(18)15-8-5-4-6-14-7-8/h4-7,9H,1-3H3,(H2,13,17)(H2,15,16,18)/t9-/m1/s1. The van der Waals surface area contributed by atoms with Gasteiger partial charge >= 0.3 is 6.03 Å². The minimum Gasteiger partial charge on any atom is -0.368 e. The van der Waals surface area contributed by atoms with Gasteiger partial charge in [0, 0.05) is 6.20 Å². The first-order chi connectivity index (χ1) is 8.30. The lowest BCUT2D eigenvalue weighted by Gasteiger charge is -2.28. The lowest BCUT2D eigenvalue weighted by molar-refractivity contribution is -0.122. The second kappa shape index (κ2) is 5.48. The molecule has 1 atom stereocenters. The molecule has 0 spiro atoms. The zero-order chi connectivity index (χ0) is 13.8. The summed E-state index contributed by atoms with van der Waals surface area (Å²) >= 11 is 0. The van der Waals surface area contributed by atoms with Gasteiger partial charge in [0.25, 0.3) is 0 Å². The first-order valence-electron chi connectivity index (χ1n) is 5.57. The molecule has 6 heteroatoms. The third-order valence-corrected chi connectivity index (χ3v) is 2.35. The van der Waals surface area contributed by atoms with E-state index in [0.29, 0.717) is 5.69 Å². The maximum Gasteiger partial charge on any atom is 0.319 e. The van der Waals surface area contributed by atoms with Crippen molar-refractivity contribution < 1.29 is 9.59 Å². The van der Waals surface area contributed by atoms with Gasteiger partial charge in [-0.15, -0.1) is 0 Å². The normalized spacial score (nSPS) is 12.6. The molecule has 4 N–H and O–H groups in total. The van der Waals surface area contributed by atoms with E-state index in [4.69, 9.17) is 5.73 Å². The van der Waals surface area contributed by atoms with Gasteiger partial charge in [-0.3, -0.25) is 9.78 Å². The van der Waals surface area contributed by atoms with Gasteiger partial charge in [0.2, 0.25) is 5.91 Å². The summed E-state index contributed by atoms with van der Waals surface area (Å²) in [6, 6.07) is 2.17. The van der Waals surface area contributed by atoms with Crippen molar-refractivity contribution in [3.8, 4) is 0 Å². The first kappa shape index (κ1) is 14.0. The molecule has 0 aliphatic carbocycles. The van der Waals surface area contributed by atoms with Crippen LogP contribution in [0.25, 0.3) is 0 Å². The average molecular weight is 250 g/mol. The minimum atomic E-state index is -0.742. The number of primary amides is 1. The molecule has 6 nitrogen and oxygen atoms in total. The molecule has 1 heterocycles. The Morgan fingerprint density at radius 3 is 2.50 bits per heavy atom. The van der Waals surface area contributed by atoms with Gasteiger partial charge in [0.15, 0.2) is 0 Å². The summed E-state index contributed by atoms with van der Waals surface area (Å²) in [5, 5.41) is 5.13. The summed E-state index contributed by atoms with van der Waals surface area (Å²) in [6.45, 7) is 5.48. The third kappa shape index (κ3) is 4.04. The van der Waals surface area contributed by atoms with Crippen LogP contribution >= 0.6 is 0 Å². The number of rotatable bonds is 3. The Morgan fingerprint density at radius 1 is 1.39 bits per heavy atom. The summed E-state index contributed by atoms with van der Waals surface area (Å²) in [6.07, 6.45) is 3.11. The van der Waals surface area contributed by atoms with Crippen molar-refractivity contribution >= 4 is 17.6 Å². The topological polar surface area (TPSA) is 97.1 Å². The van der Waals surface area contributed by atoms with Crippen LogP contribution in [-0.2, 0) is 4.79 Å². The molecule has 0 aliphatic rings. The highest BCUT2D eigenvalue weighted by atomic mass is 16.2. The maximum absolute atomic E-state index is 11.7. The van der Waals surface area contributed by atoms with Crippen LogP contribution in [0.5, 0.6) is 0 Å². The number of urea groups is 1. The Balaban J connectivity index is 2.66. The summed E-state index contributed by atoms with van der Waals surface area (Å²) < 4.78 is 0. The van der Waals surface area contributed by atoms with Gasteiger partial charge < -0.3 is 16.4 Å². The number of aromatic nitrogens is 1. The van der Waals surface area contributed by atoms with Crippen LogP contribution < -0.4 is 16.4 Å². The molecule has 0 saturated heterocycles. The SMILES string of the molecule is CC(C)(C)[C@H](NC(=O)Nc1cccnc1)C(N)=O. The van der Waals surface area contributed by atoms with Gasteiger partial charge in [-0.25, -0.2) is 4.79 Å². The molecular weight excluding hydrogens is 232 g/mol. The average Bonchev–Trinajstić information content (AvgIpc) is 2.25. The van der Waals surface area contributed by atoms with Crippen molar-refractivity contribution in [1.29, 1.82) is 0 Å². The van der Waals surface area contributed by atoms with E-state index in [-0.39, 0.29) is 0 Å². The molecule has 1 rings (SSSR count). The predicted octanol–water partition coefficient (Wildman–Crippen LogP) is 1.10. The highest BCUT2D eigenvalue weighted by Crippen LogP contribution is 2.19. The minimum absolute atomic E-state index is 0.446. The molecule has 0 bridgehead atoms. The number of nitrogens with zero attached hydrogens (tertiary/aromatic N) is 1. The third-order valence-electron chi connectivity index (χ3n) is 2.35. The van der Waals surface area contributed by atoms with Gasteiger partial charge in [-0.1, -0.05) is 20.8 Å². The van der Waals surface area contributed by atoms with E-state index in [1.807, 2.05) is 20.8 Å². The Labute approximate surface area is 106 Å². The zero-order valence-electron chi connectivity index (χ0n) is 10.7. The van der Waals surface area contributed by atoms with Crippen LogP contribution in [0.3, 0.4) is 0 Å². The molecule has 0 fully saturated rings. The number of carbonyl (C=O) groups excluding carboxylic acids is 2. The number of pyridine rings is 1. The molecule has 0 aromatic carbocycles. The number of nitrogens with one attached hydrogen (secondary N) is 2. The molecule has 18 heavy (non-hydrogen) atoms. The van der Waals surface area contributed by atoms with Crippen molar-refractivity contribution in [3.05, 3.63) is 24.5 Å². The molecule has 0 unspecified atom stereocenters. The number of nitrogens with two attached hydrogens (primary N) is 1. The van der Waals surface area contributed by atoms with Crippen LogP contribution in [0.4, 0.5) is 10.5 Å². The summed E-state index contributed by atoms with van der Waals surface area (Å²) in [5.41, 5.74) is 5.37. The number of hydrogen-bond acceptors (Lipinski definition) is 3. The fraction of sp³-hybridized carbons (Fsp3) is 0.417. The number of hydrogen-bond donors (Lipinski definition) is 3. The van der Waals surface area contributed by atoms with E-state index in [2.05, 4.69) is 15.6 Å². The number of carbonyl (C=O) groups is 2. The van der Waals surface area contributed by atoms with E-state index in [0.717, 1.165) is 0 Å². The largest absolute Gasteiger partial charge is 0.368 e. The predicted molar refractivity (Wildman–Crippen MR) is 68.8 cm³/mol.